The van der Waals surface area contributed by atoms with Gasteiger partial charge in [0.2, 0.25) is 5.91 Å². The Morgan fingerprint density at radius 3 is 2.42 bits per heavy atom. The van der Waals surface area contributed by atoms with Crippen LogP contribution in [0.5, 0.6) is 0 Å². The van der Waals surface area contributed by atoms with Crippen molar-refractivity contribution in [1.82, 2.24) is 9.80 Å². The Bertz CT molecular complexity index is 959. The molecule has 0 saturated carbocycles. The van der Waals surface area contributed by atoms with Crippen LogP contribution in [0.4, 0.5) is 17.6 Å². The van der Waals surface area contributed by atoms with Gasteiger partial charge in [0.25, 0.3) is 0 Å². The molecule has 1 heterocycles. The van der Waals surface area contributed by atoms with Crippen LogP contribution in [0.25, 0.3) is 6.08 Å². The van der Waals surface area contributed by atoms with Gasteiger partial charge in [0.05, 0.1) is 10.6 Å². The predicted octanol–water partition coefficient (Wildman–Crippen LogP) is 5.63. The van der Waals surface area contributed by atoms with Crippen molar-refractivity contribution >= 4 is 23.6 Å². The first-order valence-corrected chi connectivity index (χ1v) is 10.3. The minimum Gasteiger partial charge on any atom is -0.334 e. The van der Waals surface area contributed by atoms with Gasteiger partial charge in [0, 0.05) is 37.8 Å². The van der Waals surface area contributed by atoms with Gasteiger partial charge in [-0.25, -0.2) is 4.39 Å². The number of benzene rings is 2. The van der Waals surface area contributed by atoms with Crippen LogP contribution >= 0.6 is 11.6 Å². The van der Waals surface area contributed by atoms with Crippen LogP contribution < -0.4 is 0 Å². The van der Waals surface area contributed by atoms with Crippen molar-refractivity contribution in [1.29, 1.82) is 0 Å². The van der Waals surface area contributed by atoms with E-state index in [0.717, 1.165) is 11.6 Å². The van der Waals surface area contributed by atoms with Crippen LogP contribution in [0.15, 0.2) is 48.5 Å². The molecule has 0 spiro atoms. The van der Waals surface area contributed by atoms with E-state index in [1.165, 1.54) is 36.4 Å². The average molecular weight is 455 g/mol. The minimum atomic E-state index is -4.56. The largest absolute Gasteiger partial charge is 0.417 e. The number of hydrogen-bond donors (Lipinski definition) is 0. The van der Waals surface area contributed by atoms with Crippen LogP contribution in [0, 0.1) is 5.82 Å². The molecule has 0 bridgehead atoms. The molecule has 1 amide bonds. The van der Waals surface area contributed by atoms with Crippen molar-refractivity contribution in [2.75, 3.05) is 13.1 Å². The van der Waals surface area contributed by atoms with E-state index in [1.54, 1.807) is 17.0 Å². The summed E-state index contributed by atoms with van der Waals surface area (Å²) in [6.07, 6.45) is -1.89. The van der Waals surface area contributed by atoms with Crippen LogP contribution in [0.2, 0.25) is 5.02 Å². The molecule has 2 aromatic rings. The Morgan fingerprint density at radius 1 is 1.10 bits per heavy atom. The number of amides is 1. The van der Waals surface area contributed by atoms with E-state index in [4.69, 9.17) is 11.6 Å². The van der Waals surface area contributed by atoms with Gasteiger partial charge >= 0.3 is 6.18 Å². The van der Waals surface area contributed by atoms with Crippen LogP contribution in [0.1, 0.15) is 30.5 Å². The first-order valence-electron chi connectivity index (χ1n) is 9.88. The molecule has 0 radical (unpaired) electrons. The molecule has 3 nitrogen and oxygen atoms in total. The predicted molar refractivity (Wildman–Crippen MR) is 113 cm³/mol. The molecule has 0 unspecified atom stereocenters. The zero-order valence-electron chi connectivity index (χ0n) is 17.2. The molecule has 1 saturated heterocycles. The summed E-state index contributed by atoms with van der Waals surface area (Å²) in [5.41, 5.74) is 0.309. The molecule has 0 N–H and O–H groups in total. The Hall–Kier alpha value is -2.38. The van der Waals surface area contributed by atoms with E-state index < -0.39 is 11.7 Å². The summed E-state index contributed by atoms with van der Waals surface area (Å²) in [6, 6.07) is 9.88. The van der Waals surface area contributed by atoms with Crippen molar-refractivity contribution in [2.24, 2.45) is 0 Å². The van der Waals surface area contributed by atoms with Crippen LogP contribution in [-0.2, 0) is 17.5 Å². The fourth-order valence-electron chi connectivity index (χ4n) is 3.68. The van der Waals surface area contributed by atoms with Crippen molar-refractivity contribution in [3.8, 4) is 0 Å². The van der Waals surface area contributed by atoms with Crippen molar-refractivity contribution < 1.29 is 22.4 Å². The van der Waals surface area contributed by atoms with Gasteiger partial charge in [-0.1, -0.05) is 29.8 Å². The number of halogens is 5. The highest BCUT2D eigenvalue weighted by molar-refractivity contribution is 6.31. The maximum atomic E-state index is 13.1. The topological polar surface area (TPSA) is 23.6 Å². The smallest absolute Gasteiger partial charge is 0.334 e. The lowest BCUT2D eigenvalue weighted by Gasteiger charge is -2.44. The van der Waals surface area contributed by atoms with Gasteiger partial charge < -0.3 is 4.90 Å². The highest BCUT2D eigenvalue weighted by atomic mass is 35.5. The number of carbonyl (C=O) groups excluding carboxylic acids is 1. The Morgan fingerprint density at radius 2 is 1.77 bits per heavy atom. The van der Waals surface area contributed by atoms with Gasteiger partial charge in [-0.3, -0.25) is 9.69 Å². The lowest BCUT2D eigenvalue weighted by Crippen LogP contribution is -2.57. The lowest BCUT2D eigenvalue weighted by molar-refractivity contribution is -0.137. The summed E-state index contributed by atoms with van der Waals surface area (Å²) in [7, 11) is 0. The van der Waals surface area contributed by atoms with E-state index in [1.807, 2.05) is 13.8 Å². The summed E-state index contributed by atoms with van der Waals surface area (Å²) in [5.74, 6) is -0.542. The normalized spacial score (nSPS) is 20.4. The van der Waals surface area contributed by atoms with Crippen molar-refractivity contribution in [3.63, 3.8) is 0 Å². The zero-order valence-corrected chi connectivity index (χ0v) is 17.9. The third-order valence-electron chi connectivity index (χ3n) is 5.41. The number of alkyl halides is 3. The van der Waals surface area contributed by atoms with Crippen molar-refractivity contribution in [3.05, 3.63) is 76.1 Å². The summed E-state index contributed by atoms with van der Waals surface area (Å²) in [5, 5.41) is -0.379. The zero-order chi connectivity index (χ0) is 22.8. The molecule has 1 aliphatic rings. The number of carbonyl (C=O) groups is 1. The van der Waals surface area contributed by atoms with E-state index in [9.17, 15) is 22.4 Å². The third-order valence-corrected chi connectivity index (χ3v) is 5.74. The summed E-state index contributed by atoms with van der Waals surface area (Å²) in [4.78, 5) is 16.6. The molecule has 2 atom stereocenters. The molecule has 1 fully saturated rings. The van der Waals surface area contributed by atoms with Gasteiger partial charge in [-0.05, 0) is 55.3 Å². The second-order valence-electron chi connectivity index (χ2n) is 7.81. The standard InChI is InChI=1S/C23H23ClF4N2O/c1-15-13-30(16(2)12-29(15)14-18-3-7-19(25)8-4-18)22(31)10-6-17-5-9-21(24)20(11-17)23(26,27)28/h3-11,15-16H,12-14H2,1-2H3/t15-,16+/m0/s1. The number of rotatable bonds is 4. The molecular formula is C23H23ClF4N2O. The lowest BCUT2D eigenvalue weighted by atomic mass is 10.1. The molecule has 31 heavy (non-hydrogen) atoms. The molecule has 0 aliphatic carbocycles. The summed E-state index contributed by atoms with van der Waals surface area (Å²) < 4.78 is 52.2. The highest BCUT2D eigenvalue weighted by Crippen LogP contribution is 2.35. The molecular weight excluding hydrogens is 432 g/mol. The van der Waals surface area contributed by atoms with Gasteiger partial charge in [-0.15, -0.1) is 0 Å². The summed E-state index contributed by atoms with van der Waals surface area (Å²) in [6.45, 7) is 5.71. The number of piperazine rings is 1. The first kappa shape index (κ1) is 23.3. The molecule has 166 valence electrons. The average Bonchev–Trinajstić information content (AvgIpc) is 2.70. The Kier molecular flexibility index (Phi) is 7.06. The fourth-order valence-corrected chi connectivity index (χ4v) is 3.90. The van der Waals surface area contributed by atoms with Crippen molar-refractivity contribution in [2.45, 2.75) is 38.7 Å². The first-order chi connectivity index (χ1) is 14.5. The van der Waals surface area contributed by atoms with Gasteiger partial charge in [-0.2, -0.15) is 13.2 Å². The van der Waals surface area contributed by atoms with Gasteiger partial charge in [0.15, 0.2) is 0 Å². The van der Waals surface area contributed by atoms with E-state index in [0.29, 0.717) is 19.6 Å². The third kappa shape index (κ3) is 5.86. The molecule has 2 aromatic carbocycles. The monoisotopic (exact) mass is 454 g/mol. The second-order valence-corrected chi connectivity index (χ2v) is 8.22. The Balaban J connectivity index is 1.66. The SMILES string of the molecule is C[C@@H]1CN(Cc2ccc(F)cc2)[C@@H](C)CN1C(=O)C=Cc1ccc(Cl)c(C(F)(F)F)c1. The maximum absolute atomic E-state index is 13.1. The van der Waals surface area contributed by atoms with E-state index in [2.05, 4.69) is 4.90 Å². The quantitative estimate of drug-likeness (QED) is 0.441. The Labute approximate surface area is 183 Å². The van der Waals surface area contributed by atoms with Crippen LogP contribution in [0.3, 0.4) is 0 Å². The maximum Gasteiger partial charge on any atom is 0.417 e. The second kappa shape index (κ2) is 9.40. The van der Waals surface area contributed by atoms with E-state index >= 15 is 0 Å². The minimum absolute atomic E-state index is 0.0750. The fraction of sp³-hybridized carbons (Fsp3) is 0.348. The molecule has 8 heteroatoms. The van der Waals surface area contributed by atoms with Gasteiger partial charge in [0.1, 0.15) is 5.82 Å². The molecule has 3 rings (SSSR count). The molecule has 1 aliphatic heterocycles. The molecule has 0 aromatic heterocycles. The summed E-state index contributed by atoms with van der Waals surface area (Å²) >= 11 is 5.64. The highest BCUT2D eigenvalue weighted by Gasteiger charge is 2.33. The van der Waals surface area contributed by atoms with Crippen LogP contribution in [-0.4, -0.2) is 40.9 Å². The number of hydrogen-bond acceptors (Lipinski definition) is 2. The number of nitrogens with zero attached hydrogens (tertiary/aromatic N) is 2. The van der Waals surface area contributed by atoms with E-state index in [-0.39, 0.29) is 34.4 Å².